The van der Waals surface area contributed by atoms with E-state index in [4.69, 9.17) is 0 Å². The molecule has 0 saturated carbocycles. The number of nitrogens with zero attached hydrogens (tertiary/aromatic N) is 2. The Kier molecular flexibility index (Phi) is 4.79. The molecule has 0 bridgehead atoms. The number of aromatic nitrogens is 1. The molecule has 1 saturated heterocycles. The summed E-state index contributed by atoms with van der Waals surface area (Å²) in [5.41, 5.74) is 0.493. The predicted molar refractivity (Wildman–Crippen MR) is 106 cm³/mol. The maximum Gasteiger partial charge on any atom is 0.416 e. The minimum absolute atomic E-state index is 0.200. The zero-order chi connectivity index (χ0) is 20.6. The average Bonchev–Trinajstić information content (AvgIpc) is 3.26. The smallest absolute Gasteiger partial charge is 0.317 e. The number of carbonyl (C=O) groups is 2. The molecule has 1 fully saturated rings. The van der Waals surface area contributed by atoms with Crippen molar-refractivity contribution >= 4 is 34.7 Å². The van der Waals surface area contributed by atoms with E-state index in [1.165, 1.54) is 16.7 Å². The summed E-state index contributed by atoms with van der Waals surface area (Å²) in [6.45, 7) is 0. The lowest BCUT2D eigenvalue weighted by atomic mass is 10.2. The fraction of sp³-hybridized carbons (Fsp3) is 0.0476. The predicted octanol–water partition coefficient (Wildman–Crippen LogP) is 5.74. The molecule has 146 valence electrons. The van der Waals surface area contributed by atoms with Crippen LogP contribution in [0.25, 0.3) is 11.8 Å². The van der Waals surface area contributed by atoms with Crippen LogP contribution in [0.4, 0.5) is 23.7 Å². The van der Waals surface area contributed by atoms with Gasteiger partial charge in [0.2, 0.25) is 0 Å². The Morgan fingerprint density at radius 1 is 0.862 bits per heavy atom. The number of para-hydroxylation sites is 1. The molecule has 0 spiro atoms. The largest absolute Gasteiger partial charge is 0.416 e. The van der Waals surface area contributed by atoms with E-state index in [0.717, 1.165) is 28.8 Å². The number of thioether (sulfide) groups is 1. The second-order valence-electron chi connectivity index (χ2n) is 6.20. The fourth-order valence-corrected chi connectivity index (χ4v) is 3.81. The van der Waals surface area contributed by atoms with Crippen LogP contribution in [0, 0.1) is 0 Å². The molecule has 0 N–H and O–H groups in total. The highest BCUT2D eigenvalue weighted by atomic mass is 32.2. The number of hydrogen-bond donors (Lipinski definition) is 0. The van der Waals surface area contributed by atoms with E-state index in [0.29, 0.717) is 17.1 Å². The Balaban J connectivity index is 1.69. The van der Waals surface area contributed by atoms with Crippen molar-refractivity contribution in [2.75, 3.05) is 4.90 Å². The van der Waals surface area contributed by atoms with Crippen molar-refractivity contribution in [1.29, 1.82) is 0 Å². The molecule has 1 aliphatic rings. The maximum atomic E-state index is 13.0. The summed E-state index contributed by atoms with van der Waals surface area (Å²) in [6, 6.07) is 16.8. The number of halogens is 3. The van der Waals surface area contributed by atoms with Gasteiger partial charge in [-0.25, -0.2) is 4.90 Å². The van der Waals surface area contributed by atoms with Gasteiger partial charge in [0.25, 0.3) is 11.1 Å². The molecule has 29 heavy (non-hydrogen) atoms. The van der Waals surface area contributed by atoms with Gasteiger partial charge in [-0.1, -0.05) is 24.3 Å². The van der Waals surface area contributed by atoms with Gasteiger partial charge in [-0.3, -0.25) is 9.59 Å². The van der Waals surface area contributed by atoms with Crippen LogP contribution in [0.1, 0.15) is 11.3 Å². The third-order valence-electron chi connectivity index (χ3n) is 4.32. The summed E-state index contributed by atoms with van der Waals surface area (Å²) in [7, 11) is 0. The van der Waals surface area contributed by atoms with Crippen molar-refractivity contribution < 1.29 is 22.8 Å². The number of carbonyl (C=O) groups excluding carboxylic acids is 2. The third kappa shape index (κ3) is 3.71. The SMILES string of the molecule is O=C1SC(=Cc2cccn2-c2cccc(C(F)(F)F)c2)C(=O)N1c1ccccc1. The lowest BCUT2D eigenvalue weighted by molar-refractivity contribution is -0.137. The molecule has 1 aromatic heterocycles. The number of anilines is 1. The van der Waals surface area contributed by atoms with Crippen LogP contribution in [-0.4, -0.2) is 15.7 Å². The van der Waals surface area contributed by atoms with Crippen molar-refractivity contribution in [2.45, 2.75) is 6.18 Å². The molecular formula is C21H13F3N2O2S. The molecule has 0 atom stereocenters. The van der Waals surface area contributed by atoms with E-state index in [1.54, 1.807) is 54.7 Å². The molecule has 8 heteroatoms. The van der Waals surface area contributed by atoms with Crippen LogP contribution >= 0.6 is 11.8 Å². The first-order chi connectivity index (χ1) is 13.8. The molecule has 2 amide bonds. The van der Waals surface area contributed by atoms with E-state index in [2.05, 4.69) is 0 Å². The normalized spacial score (nSPS) is 16.1. The van der Waals surface area contributed by atoms with E-state index in [-0.39, 0.29) is 4.91 Å². The Hall–Kier alpha value is -3.26. The van der Waals surface area contributed by atoms with Gasteiger partial charge in [0.15, 0.2) is 0 Å². The molecule has 4 rings (SSSR count). The second-order valence-corrected chi connectivity index (χ2v) is 7.20. The lowest BCUT2D eigenvalue weighted by Gasteiger charge is -2.12. The molecule has 1 aliphatic heterocycles. The summed E-state index contributed by atoms with van der Waals surface area (Å²) in [4.78, 5) is 26.3. The van der Waals surface area contributed by atoms with Gasteiger partial charge in [-0.05, 0) is 60.3 Å². The first kappa shape index (κ1) is 19.1. The second kappa shape index (κ2) is 7.29. The number of benzene rings is 2. The highest BCUT2D eigenvalue weighted by Crippen LogP contribution is 2.36. The molecule has 2 heterocycles. The molecule has 2 aromatic carbocycles. The zero-order valence-electron chi connectivity index (χ0n) is 14.8. The maximum absolute atomic E-state index is 13.0. The summed E-state index contributed by atoms with van der Waals surface area (Å²) < 4.78 is 40.6. The monoisotopic (exact) mass is 414 g/mol. The van der Waals surface area contributed by atoms with Gasteiger partial charge >= 0.3 is 6.18 Å². The summed E-state index contributed by atoms with van der Waals surface area (Å²) >= 11 is 0.791. The minimum Gasteiger partial charge on any atom is -0.317 e. The highest BCUT2D eigenvalue weighted by Gasteiger charge is 2.36. The first-order valence-corrected chi connectivity index (χ1v) is 9.34. The third-order valence-corrected chi connectivity index (χ3v) is 5.19. The van der Waals surface area contributed by atoms with E-state index < -0.39 is 22.9 Å². The van der Waals surface area contributed by atoms with Crippen molar-refractivity contribution in [3.63, 3.8) is 0 Å². The van der Waals surface area contributed by atoms with Gasteiger partial charge in [0.05, 0.1) is 16.2 Å². The molecular weight excluding hydrogens is 401 g/mol. The van der Waals surface area contributed by atoms with Crippen LogP contribution in [0.3, 0.4) is 0 Å². The molecule has 3 aromatic rings. The quantitative estimate of drug-likeness (QED) is 0.514. The van der Waals surface area contributed by atoms with Gasteiger partial charge < -0.3 is 4.57 Å². The first-order valence-electron chi connectivity index (χ1n) is 8.52. The Morgan fingerprint density at radius 2 is 1.59 bits per heavy atom. The molecule has 0 unspecified atom stereocenters. The number of amides is 2. The zero-order valence-corrected chi connectivity index (χ0v) is 15.6. The number of hydrogen-bond acceptors (Lipinski definition) is 3. The Bertz CT molecular complexity index is 1120. The highest BCUT2D eigenvalue weighted by molar-refractivity contribution is 8.19. The minimum atomic E-state index is -4.46. The number of alkyl halides is 3. The summed E-state index contributed by atoms with van der Waals surface area (Å²) in [5, 5.41) is -0.426. The van der Waals surface area contributed by atoms with Crippen molar-refractivity contribution in [2.24, 2.45) is 0 Å². The molecule has 4 nitrogen and oxygen atoms in total. The van der Waals surface area contributed by atoms with Crippen LogP contribution in [-0.2, 0) is 11.0 Å². The van der Waals surface area contributed by atoms with Crippen LogP contribution in [0.2, 0.25) is 0 Å². The van der Waals surface area contributed by atoms with E-state index in [1.807, 2.05) is 0 Å². The molecule has 0 radical (unpaired) electrons. The van der Waals surface area contributed by atoms with Gasteiger partial charge in [-0.2, -0.15) is 13.2 Å². The van der Waals surface area contributed by atoms with Crippen LogP contribution < -0.4 is 4.90 Å². The topological polar surface area (TPSA) is 42.3 Å². The van der Waals surface area contributed by atoms with Gasteiger partial charge in [-0.15, -0.1) is 0 Å². The molecule has 0 aliphatic carbocycles. The number of rotatable bonds is 3. The van der Waals surface area contributed by atoms with Gasteiger partial charge in [0, 0.05) is 17.6 Å². The van der Waals surface area contributed by atoms with Crippen LogP contribution in [0.5, 0.6) is 0 Å². The fourth-order valence-electron chi connectivity index (χ4n) is 2.98. The van der Waals surface area contributed by atoms with E-state index >= 15 is 0 Å². The average molecular weight is 414 g/mol. The van der Waals surface area contributed by atoms with Crippen molar-refractivity contribution in [1.82, 2.24) is 4.57 Å². The van der Waals surface area contributed by atoms with Crippen LogP contribution in [0.15, 0.2) is 77.8 Å². The van der Waals surface area contributed by atoms with Crippen molar-refractivity contribution in [3.05, 3.63) is 89.1 Å². The Labute approximate surface area is 168 Å². The Morgan fingerprint density at radius 3 is 2.31 bits per heavy atom. The summed E-state index contributed by atoms with van der Waals surface area (Å²) in [5.74, 6) is -0.469. The van der Waals surface area contributed by atoms with Crippen molar-refractivity contribution in [3.8, 4) is 5.69 Å². The standard InChI is InChI=1S/C21H13F3N2O2S/c22-21(23,24)14-6-4-9-16(12-14)25-11-5-10-17(25)13-18-19(27)26(20(28)29-18)15-7-2-1-3-8-15/h1-13H. The van der Waals surface area contributed by atoms with E-state index in [9.17, 15) is 22.8 Å². The number of imide groups is 1. The lowest BCUT2D eigenvalue weighted by Crippen LogP contribution is -2.27. The summed E-state index contributed by atoms with van der Waals surface area (Å²) in [6.07, 6.45) is -1.35. The van der Waals surface area contributed by atoms with Gasteiger partial charge in [0.1, 0.15) is 0 Å².